The van der Waals surface area contributed by atoms with Gasteiger partial charge in [0.05, 0.1) is 12.9 Å². The van der Waals surface area contributed by atoms with Gasteiger partial charge in [-0.25, -0.2) is 9.13 Å². The fraction of sp³-hybridized carbons (Fsp3) is 0.714. The Labute approximate surface area is 98.7 Å². The average Bonchev–Trinajstić information content (AvgIpc) is 1.96. The summed E-state index contributed by atoms with van der Waals surface area (Å²) in [5.41, 5.74) is -0.579. The van der Waals surface area contributed by atoms with Gasteiger partial charge in [0.2, 0.25) is 0 Å². The molecule has 0 atom stereocenters. The molecule has 0 radical (unpaired) electrons. The van der Waals surface area contributed by atoms with E-state index in [9.17, 15) is 9.13 Å². The third-order valence-electron chi connectivity index (χ3n) is 1.72. The third-order valence-corrected chi connectivity index (χ3v) is 2.64. The Balaban J connectivity index is 4.12. The van der Waals surface area contributed by atoms with Crippen molar-refractivity contribution in [3.63, 3.8) is 0 Å². The van der Waals surface area contributed by atoms with Crippen LogP contribution in [0.2, 0.25) is 0 Å². The summed E-state index contributed by atoms with van der Waals surface area (Å²) >= 11 is 0. The maximum absolute atomic E-state index is 10.4. The highest BCUT2D eigenvalue weighted by Gasteiger charge is 2.19. The third kappa shape index (κ3) is 12.1. The van der Waals surface area contributed by atoms with E-state index in [0.29, 0.717) is 0 Å². The van der Waals surface area contributed by atoms with Crippen molar-refractivity contribution in [2.75, 3.05) is 6.61 Å². The average molecular weight is 290 g/mol. The van der Waals surface area contributed by atoms with Gasteiger partial charge in [0.1, 0.15) is 0 Å². The zero-order chi connectivity index (χ0) is 13.7. The van der Waals surface area contributed by atoms with Crippen LogP contribution in [0.1, 0.15) is 20.3 Å². The summed E-state index contributed by atoms with van der Waals surface area (Å²) in [6.45, 7) is 3.20. The van der Waals surface area contributed by atoms with Crippen LogP contribution in [-0.2, 0) is 18.2 Å². The molecule has 0 saturated carbocycles. The Bertz CT molecular complexity index is 351. The van der Waals surface area contributed by atoms with Crippen LogP contribution in [0.25, 0.3) is 0 Å². The van der Waals surface area contributed by atoms with Crippen LogP contribution in [0, 0.1) is 5.41 Å². The Morgan fingerprint density at radius 3 is 2.06 bits per heavy atom. The van der Waals surface area contributed by atoms with Crippen molar-refractivity contribution >= 4 is 15.6 Å². The molecule has 0 amide bonds. The minimum Gasteiger partial charge on any atom is -0.413 e. The highest BCUT2D eigenvalue weighted by Crippen LogP contribution is 2.38. The van der Waals surface area contributed by atoms with Crippen molar-refractivity contribution in [3.05, 3.63) is 12.3 Å². The second kappa shape index (κ2) is 6.11. The molecular weight excluding hydrogens is 274 g/mol. The fourth-order valence-electron chi connectivity index (χ4n) is 0.805. The van der Waals surface area contributed by atoms with Gasteiger partial charge in [-0.2, -0.15) is 0 Å². The summed E-state index contributed by atoms with van der Waals surface area (Å²) in [5, 5.41) is 0. The lowest BCUT2D eigenvalue weighted by Gasteiger charge is -2.19. The molecule has 10 heteroatoms. The Morgan fingerprint density at radius 2 is 1.65 bits per heavy atom. The Hall–Kier alpha value is -0.200. The SMILES string of the molecule is CC(C)(/C=C/OP(=O)(O)O)CCOP(=O)(O)O. The monoisotopic (exact) mass is 290 g/mol. The van der Waals surface area contributed by atoms with Crippen molar-refractivity contribution in [1.82, 2.24) is 0 Å². The highest BCUT2D eigenvalue weighted by atomic mass is 31.2. The lowest BCUT2D eigenvalue weighted by atomic mass is 9.90. The predicted molar refractivity (Wildman–Crippen MR) is 58.7 cm³/mol. The van der Waals surface area contributed by atoms with Gasteiger partial charge in [0, 0.05) is 0 Å². The van der Waals surface area contributed by atoms with E-state index in [-0.39, 0.29) is 13.0 Å². The van der Waals surface area contributed by atoms with Crippen LogP contribution < -0.4 is 0 Å². The first-order chi connectivity index (χ1) is 7.41. The highest BCUT2D eigenvalue weighted by molar-refractivity contribution is 7.46. The van der Waals surface area contributed by atoms with Crippen LogP contribution in [0.4, 0.5) is 0 Å². The molecule has 0 aliphatic heterocycles. The van der Waals surface area contributed by atoms with E-state index < -0.39 is 21.1 Å². The molecule has 0 aromatic rings. The number of phosphoric ester groups is 2. The van der Waals surface area contributed by atoms with Gasteiger partial charge in [0.25, 0.3) is 0 Å². The molecule has 0 aliphatic carbocycles. The van der Waals surface area contributed by atoms with Gasteiger partial charge in [-0.3, -0.25) is 14.3 Å². The summed E-state index contributed by atoms with van der Waals surface area (Å²) in [4.78, 5) is 33.7. The number of allylic oxidation sites excluding steroid dienone is 1. The molecule has 0 aliphatic rings. The summed E-state index contributed by atoms with van der Waals surface area (Å²) in [5.74, 6) is 0. The molecule has 0 aromatic carbocycles. The zero-order valence-electron chi connectivity index (χ0n) is 9.39. The van der Waals surface area contributed by atoms with Crippen LogP contribution in [0.15, 0.2) is 12.3 Å². The maximum Gasteiger partial charge on any atom is 0.524 e. The largest absolute Gasteiger partial charge is 0.524 e. The molecule has 0 bridgehead atoms. The van der Waals surface area contributed by atoms with Crippen molar-refractivity contribution in [1.29, 1.82) is 0 Å². The molecular formula is C7H16O8P2. The van der Waals surface area contributed by atoms with Gasteiger partial charge < -0.3 is 14.3 Å². The fourth-order valence-corrected chi connectivity index (χ4v) is 1.35. The first-order valence-corrected chi connectivity index (χ1v) is 7.59. The van der Waals surface area contributed by atoms with Gasteiger partial charge in [-0.15, -0.1) is 0 Å². The van der Waals surface area contributed by atoms with Crippen molar-refractivity contribution in [3.8, 4) is 0 Å². The van der Waals surface area contributed by atoms with Crippen molar-refractivity contribution in [2.45, 2.75) is 20.3 Å². The topological polar surface area (TPSA) is 134 Å². The van der Waals surface area contributed by atoms with E-state index in [0.717, 1.165) is 6.26 Å². The van der Waals surface area contributed by atoms with Gasteiger partial charge in [-0.1, -0.05) is 13.8 Å². The molecule has 17 heavy (non-hydrogen) atoms. The number of hydrogen-bond donors (Lipinski definition) is 4. The molecule has 0 saturated heterocycles. The maximum atomic E-state index is 10.4. The van der Waals surface area contributed by atoms with E-state index >= 15 is 0 Å². The van der Waals surface area contributed by atoms with E-state index in [1.807, 2.05) is 0 Å². The zero-order valence-corrected chi connectivity index (χ0v) is 11.2. The minimum absolute atomic E-state index is 0.183. The second-order valence-electron chi connectivity index (χ2n) is 3.96. The van der Waals surface area contributed by atoms with E-state index in [1.165, 1.54) is 6.08 Å². The number of phosphoric acid groups is 2. The Kier molecular flexibility index (Phi) is 6.04. The number of hydrogen-bond acceptors (Lipinski definition) is 4. The molecule has 0 aromatic heterocycles. The van der Waals surface area contributed by atoms with E-state index in [1.54, 1.807) is 13.8 Å². The molecule has 4 N–H and O–H groups in total. The van der Waals surface area contributed by atoms with Gasteiger partial charge >= 0.3 is 15.6 Å². The molecule has 0 heterocycles. The van der Waals surface area contributed by atoms with Crippen LogP contribution in [-0.4, -0.2) is 26.2 Å². The molecule has 0 fully saturated rings. The van der Waals surface area contributed by atoms with E-state index in [4.69, 9.17) is 19.6 Å². The quantitative estimate of drug-likeness (QED) is 0.405. The summed E-state index contributed by atoms with van der Waals surface area (Å²) in [6, 6.07) is 0. The van der Waals surface area contributed by atoms with Crippen LogP contribution in [0.3, 0.4) is 0 Å². The summed E-state index contributed by atoms with van der Waals surface area (Å²) in [7, 11) is -9.03. The summed E-state index contributed by atoms with van der Waals surface area (Å²) < 4.78 is 29.1. The molecule has 0 unspecified atom stereocenters. The van der Waals surface area contributed by atoms with Gasteiger partial charge in [-0.05, 0) is 17.9 Å². The number of rotatable bonds is 7. The normalized spacial score (nSPS) is 14.2. The van der Waals surface area contributed by atoms with Crippen LogP contribution >= 0.6 is 15.6 Å². The first-order valence-electron chi connectivity index (χ1n) is 4.53. The van der Waals surface area contributed by atoms with E-state index in [2.05, 4.69) is 9.05 Å². The lowest BCUT2D eigenvalue weighted by molar-refractivity contribution is 0.177. The summed E-state index contributed by atoms with van der Waals surface area (Å²) in [6.07, 6.45) is 2.48. The Morgan fingerprint density at radius 1 is 1.12 bits per heavy atom. The standard InChI is InChI=1S/C7H16O8P2/c1-7(2,3-5-14-16(8,9)10)4-6-15-17(11,12)13/h3,5H,4,6H2,1-2H3,(H2,8,9,10)(H2,11,12,13)/b5-3+. The van der Waals surface area contributed by atoms with Crippen LogP contribution in [0.5, 0.6) is 0 Å². The molecule has 0 spiro atoms. The molecule has 102 valence electrons. The first kappa shape index (κ1) is 16.8. The smallest absolute Gasteiger partial charge is 0.413 e. The minimum atomic E-state index is -4.55. The van der Waals surface area contributed by atoms with Crippen molar-refractivity contribution in [2.24, 2.45) is 5.41 Å². The molecule has 8 nitrogen and oxygen atoms in total. The lowest BCUT2D eigenvalue weighted by Crippen LogP contribution is -2.11. The predicted octanol–water partition coefficient (Wildman–Crippen LogP) is 1.13. The second-order valence-corrected chi connectivity index (χ2v) is 6.39. The molecule has 0 rings (SSSR count). The van der Waals surface area contributed by atoms with Crippen molar-refractivity contribution < 1.29 is 37.8 Å². The van der Waals surface area contributed by atoms with Gasteiger partial charge in [0.15, 0.2) is 0 Å².